The average molecular weight is 277 g/mol. The van der Waals surface area contributed by atoms with Gasteiger partial charge >= 0.3 is 5.97 Å². The third kappa shape index (κ3) is 5.13. The minimum atomic E-state index is -0.662. The average Bonchev–Trinajstić information content (AvgIpc) is 2.43. The molecular formula is C16H23NO3. The molecule has 1 aromatic rings. The molecule has 0 aromatic heterocycles. The van der Waals surface area contributed by atoms with Crippen molar-refractivity contribution in [3.05, 3.63) is 35.4 Å². The van der Waals surface area contributed by atoms with Gasteiger partial charge in [0, 0.05) is 12.0 Å². The molecule has 0 aliphatic heterocycles. The van der Waals surface area contributed by atoms with Crippen molar-refractivity contribution in [2.45, 2.75) is 39.2 Å². The van der Waals surface area contributed by atoms with Gasteiger partial charge in [0.25, 0.3) is 0 Å². The van der Waals surface area contributed by atoms with Crippen LogP contribution in [0.5, 0.6) is 0 Å². The predicted molar refractivity (Wildman–Crippen MR) is 78.5 cm³/mol. The van der Waals surface area contributed by atoms with E-state index < -0.39 is 6.04 Å². The Kier molecular flexibility index (Phi) is 6.39. The van der Waals surface area contributed by atoms with E-state index in [-0.39, 0.29) is 18.2 Å². The van der Waals surface area contributed by atoms with Crippen LogP contribution in [0.3, 0.4) is 0 Å². The summed E-state index contributed by atoms with van der Waals surface area (Å²) >= 11 is 0. The number of benzene rings is 1. The SMILES string of the molecule is COC(=O)CCC(N)C(=O)c1ccc(CC(C)C)cc1. The first-order valence-electron chi connectivity index (χ1n) is 6.89. The summed E-state index contributed by atoms with van der Waals surface area (Å²) in [7, 11) is 1.32. The van der Waals surface area contributed by atoms with Gasteiger partial charge in [0.05, 0.1) is 13.2 Å². The Morgan fingerprint density at radius 2 is 1.80 bits per heavy atom. The second-order valence-electron chi connectivity index (χ2n) is 5.38. The number of rotatable bonds is 7. The quantitative estimate of drug-likeness (QED) is 0.613. The van der Waals surface area contributed by atoms with Crippen molar-refractivity contribution in [3.8, 4) is 0 Å². The third-order valence-electron chi connectivity index (χ3n) is 3.11. The van der Waals surface area contributed by atoms with Gasteiger partial charge in [-0.1, -0.05) is 38.1 Å². The molecule has 1 aromatic carbocycles. The summed E-state index contributed by atoms with van der Waals surface area (Å²) in [6, 6.07) is 6.86. The Morgan fingerprint density at radius 1 is 1.20 bits per heavy atom. The number of ketones is 1. The number of methoxy groups -OCH3 is 1. The van der Waals surface area contributed by atoms with E-state index in [9.17, 15) is 9.59 Å². The van der Waals surface area contributed by atoms with Crippen LogP contribution in [0.1, 0.15) is 42.6 Å². The molecule has 0 heterocycles. The van der Waals surface area contributed by atoms with Crippen molar-refractivity contribution in [2.75, 3.05) is 7.11 Å². The molecule has 1 unspecified atom stereocenters. The molecule has 0 aliphatic carbocycles. The van der Waals surface area contributed by atoms with Crippen LogP contribution in [0.2, 0.25) is 0 Å². The van der Waals surface area contributed by atoms with Crippen LogP contribution in [0.25, 0.3) is 0 Å². The van der Waals surface area contributed by atoms with Crippen LogP contribution < -0.4 is 5.73 Å². The van der Waals surface area contributed by atoms with Crippen molar-refractivity contribution in [3.63, 3.8) is 0 Å². The Labute approximate surface area is 120 Å². The van der Waals surface area contributed by atoms with E-state index in [0.717, 1.165) is 6.42 Å². The fourth-order valence-corrected chi connectivity index (χ4v) is 2.00. The van der Waals surface area contributed by atoms with E-state index in [1.807, 2.05) is 12.1 Å². The number of hydrogen-bond donors (Lipinski definition) is 1. The number of hydrogen-bond acceptors (Lipinski definition) is 4. The lowest BCUT2D eigenvalue weighted by Crippen LogP contribution is -2.31. The molecule has 20 heavy (non-hydrogen) atoms. The molecule has 4 nitrogen and oxygen atoms in total. The van der Waals surface area contributed by atoms with E-state index in [2.05, 4.69) is 18.6 Å². The summed E-state index contributed by atoms with van der Waals surface area (Å²) in [5.41, 5.74) is 7.61. The lowest BCUT2D eigenvalue weighted by Gasteiger charge is -2.11. The maximum atomic E-state index is 12.1. The number of carbonyl (C=O) groups is 2. The molecule has 0 saturated heterocycles. The van der Waals surface area contributed by atoms with Crippen LogP contribution in [0.4, 0.5) is 0 Å². The van der Waals surface area contributed by atoms with Crippen molar-refractivity contribution >= 4 is 11.8 Å². The molecule has 0 saturated carbocycles. The van der Waals surface area contributed by atoms with Crippen LogP contribution in [0, 0.1) is 5.92 Å². The van der Waals surface area contributed by atoms with Crippen LogP contribution in [0.15, 0.2) is 24.3 Å². The van der Waals surface area contributed by atoms with Crippen LogP contribution >= 0.6 is 0 Å². The molecule has 1 rings (SSSR count). The Balaban J connectivity index is 2.60. The van der Waals surface area contributed by atoms with Crippen molar-refractivity contribution in [2.24, 2.45) is 11.7 Å². The first-order chi connectivity index (χ1) is 9.43. The van der Waals surface area contributed by atoms with Crippen LogP contribution in [-0.4, -0.2) is 24.9 Å². The summed E-state index contributed by atoms with van der Waals surface area (Å²) in [5, 5.41) is 0. The molecule has 0 radical (unpaired) electrons. The van der Waals surface area contributed by atoms with Gasteiger partial charge in [0.15, 0.2) is 5.78 Å². The zero-order valence-electron chi connectivity index (χ0n) is 12.4. The normalized spacial score (nSPS) is 12.2. The van der Waals surface area contributed by atoms with E-state index in [1.165, 1.54) is 12.7 Å². The molecule has 0 bridgehead atoms. The number of carbonyl (C=O) groups excluding carboxylic acids is 2. The maximum absolute atomic E-state index is 12.1. The molecular weight excluding hydrogens is 254 g/mol. The zero-order valence-corrected chi connectivity index (χ0v) is 12.4. The second kappa shape index (κ2) is 7.80. The first kappa shape index (κ1) is 16.4. The molecule has 0 spiro atoms. The van der Waals surface area contributed by atoms with Gasteiger partial charge in [-0.15, -0.1) is 0 Å². The molecule has 0 amide bonds. The van der Waals surface area contributed by atoms with E-state index in [0.29, 0.717) is 17.9 Å². The van der Waals surface area contributed by atoms with Crippen molar-refractivity contribution in [1.29, 1.82) is 0 Å². The highest BCUT2D eigenvalue weighted by molar-refractivity contribution is 6.00. The summed E-state index contributed by atoms with van der Waals surface area (Å²) in [4.78, 5) is 23.1. The van der Waals surface area contributed by atoms with E-state index in [4.69, 9.17) is 5.73 Å². The van der Waals surface area contributed by atoms with Gasteiger partial charge in [0.1, 0.15) is 0 Å². The molecule has 0 aliphatic rings. The van der Waals surface area contributed by atoms with Gasteiger partial charge in [-0.05, 0) is 24.3 Å². The fourth-order valence-electron chi connectivity index (χ4n) is 2.00. The highest BCUT2D eigenvalue weighted by Gasteiger charge is 2.17. The van der Waals surface area contributed by atoms with Gasteiger partial charge in [0.2, 0.25) is 0 Å². The molecule has 1 atom stereocenters. The topological polar surface area (TPSA) is 69.4 Å². The van der Waals surface area contributed by atoms with E-state index >= 15 is 0 Å². The Morgan fingerprint density at radius 3 is 2.30 bits per heavy atom. The largest absolute Gasteiger partial charge is 0.469 e. The number of Topliss-reactive ketones (excluding diaryl/α,β-unsaturated/α-hetero) is 1. The first-order valence-corrected chi connectivity index (χ1v) is 6.89. The molecule has 2 N–H and O–H groups in total. The predicted octanol–water partition coefficient (Wildman–Crippen LogP) is 2.35. The minimum absolute atomic E-state index is 0.134. The second-order valence-corrected chi connectivity index (χ2v) is 5.38. The summed E-state index contributed by atoms with van der Waals surface area (Å²) in [6.07, 6.45) is 1.46. The lowest BCUT2D eigenvalue weighted by molar-refractivity contribution is -0.140. The minimum Gasteiger partial charge on any atom is -0.469 e. The monoisotopic (exact) mass is 277 g/mol. The fraction of sp³-hybridized carbons (Fsp3) is 0.500. The molecule has 110 valence electrons. The lowest BCUT2D eigenvalue weighted by atomic mass is 9.97. The molecule has 4 heteroatoms. The van der Waals surface area contributed by atoms with Crippen molar-refractivity contribution in [1.82, 2.24) is 0 Å². The summed E-state index contributed by atoms with van der Waals surface area (Å²) in [5.74, 6) is 0.101. The van der Waals surface area contributed by atoms with Gasteiger partial charge in [-0.2, -0.15) is 0 Å². The summed E-state index contributed by atoms with van der Waals surface area (Å²) in [6.45, 7) is 4.31. The third-order valence-corrected chi connectivity index (χ3v) is 3.11. The smallest absolute Gasteiger partial charge is 0.305 e. The van der Waals surface area contributed by atoms with Crippen LogP contribution in [-0.2, 0) is 16.0 Å². The number of nitrogens with two attached hydrogens (primary N) is 1. The Bertz CT molecular complexity index is 451. The number of esters is 1. The van der Waals surface area contributed by atoms with Gasteiger partial charge < -0.3 is 10.5 Å². The maximum Gasteiger partial charge on any atom is 0.305 e. The molecule has 0 fully saturated rings. The highest BCUT2D eigenvalue weighted by Crippen LogP contribution is 2.12. The van der Waals surface area contributed by atoms with Crippen molar-refractivity contribution < 1.29 is 14.3 Å². The highest BCUT2D eigenvalue weighted by atomic mass is 16.5. The summed E-state index contributed by atoms with van der Waals surface area (Å²) < 4.78 is 4.53. The Hall–Kier alpha value is -1.68. The van der Waals surface area contributed by atoms with Gasteiger partial charge in [-0.25, -0.2) is 0 Å². The van der Waals surface area contributed by atoms with Gasteiger partial charge in [-0.3, -0.25) is 9.59 Å². The standard InChI is InChI=1S/C16H23NO3/c1-11(2)10-12-4-6-13(7-5-12)16(19)14(17)8-9-15(18)20-3/h4-7,11,14H,8-10,17H2,1-3H3. The zero-order chi connectivity index (χ0) is 15.1. The van der Waals surface area contributed by atoms with E-state index in [1.54, 1.807) is 12.1 Å². The number of ether oxygens (including phenoxy) is 1.